The van der Waals surface area contributed by atoms with Gasteiger partial charge in [-0.25, -0.2) is 9.67 Å². The Kier molecular flexibility index (Phi) is 4.72. The van der Waals surface area contributed by atoms with Crippen LogP contribution in [0.15, 0.2) is 10.9 Å². The van der Waals surface area contributed by atoms with Crippen molar-refractivity contribution in [3.8, 4) is 0 Å². The van der Waals surface area contributed by atoms with Gasteiger partial charge in [0.25, 0.3) is 5.89 Å². The summed E-state index contributed by atoms with van der Waals surface area (Å²) in [5, 5.41) is 8.18. The highest BCUT2D eigenvalue weighted by Crippen LogP contribution is 2.24. The molecule has 0 saturated carbocycles. The normalized spacial score (nSPS) is 22.8. The van der Waals surface area contributed by atoms with Crippen LogP contribution < -0.4 is 0 Å². The molecule has 3 heterocycles. The van der Waals surface area contributed by atoms with Gasteiger partial charge in [-0.15, -0.1) is 0 Å². The Morgan fingerprint density at radius 2 is 2.17 bits per heavy atom. The van der Waals surface area contributed by atoms with Gasteiger partial charge in [0.05, 0.1) is 12.6 Å². The Bertz CT molecular complexity index is 637. The number of morpholine rings is 1. The van der Waals surface area contributed by atoms with Crippen molar-refractivity contribution in [2.24, 2.45) is 5.92 Å². The van der Waals surface area contributed by atoms with Gasteiger partial charge in [0.15, 0.2) is 5.82 Å². The maximum absolute atomic E-state index is 5.95. The van der Waals surface area contributed by atoms with Crippen LogP contribution in [0, 0.1) is 12.8 Å². The number of rotatable bonds is 5. The van der Waals surface area contributed by atoms with Crippen molar-refractivity contribution in [3.05, 3.63) is 23.9 Å². The van der Waals surface area contributed by atoms with E-state index in [0.717, 1.165) is 25.5 Å². The lowest BCUT2D eigenvalue weighted by Crippen LogP contribution is -2.43. The Labute approximate surface area is 135 Å². The zero-order valence-corrected chi connectivity index (χ0v) is 14.1. The van der Waals surface area contributed by atoms with Crippen molar-refractivity contribution >= 4 is 0 Å². The molecule has 1 fully saturated rings. The van der Waals surface area contributed by atoms with Gasteiger partial charge >= 0.3 is 0 Å². The lowest BCUT2D eigenvalue weighted by Gasteiger charge is -2.34. The molecule has 0 amide bonds. The largest absolute Gasteiger partial charge is 0.363 e. The fraction of sp³-hybridized carbons (Fsp3) is 0.733. The number of hydrogen-bond acceptors (Lipinski definition) is 7. The molecular formula is C15H24N6O2. The number of aryl methyl sites for hydroxylation is 1. The Hall–Kier alpha value is -1.80. The molecule has 0 aromatic carbocycles. The summed E-state index contributed by atoms with van der Waals surface area (Å²) >= 11 is 0. The first-order valence-electron chi connectivity index (χ1n) is 8.06. The van der Waals surface area contributed by atoms with E-state index in [1.807, 2.05) is 11.6 Å². The molecular weight excluding hydrogens is 296 g/mol. The lowest BCUT2D eigenvalue weighted by atomic mass is 10.2. The fourth-order valence-electron chi connectivity index (χ4n) is 2.86. The van der Waals surface area contributed by atoms with E-state index in [0.29, 0.717) is 24.2 Å². The third-order valence-corrected chi connectivity index (χ3v) is 3.75. The van der Waals surface area contributed by atoms with E-state index in [-0.39, 0.29) is 12.2 Å². The number of aromatic nitrogens is 5. The zero-order chi connectivity index (χ0) is 16.4. The molecule has 0 radical (unpaired) electrons. The van der Waals surface area contributed by atoms with Crippen molar-refractivity contribution in [1.82, 2.24) is 29.8 Å². The topological polar surface area (TPSA) is 82.1 Å². The van der Waals surface area contributed by atoms with Crippen LogP contribution in [-0.4, -0.2) is 49.0 Å². The van der Waals surface area contributed by atoms with Gasteiger partial charge in [-0.3, -0.25) is 4.90 Å². The minimum absolute atomic E-state index is 0.0995. The summed E-state index contributed by atoms with van der Waals surface area (Å²) in [6.07, 6.45) is 1.53. The Morgan fingerprint density at radius 1 is 1.35 bits per heavy atom. The smallest absolute Gasteiger partial charge is 0.257 e. The average molecular weight is 320 g/mol. The molecule has 0 N–H and O–H groups in total. The summed E-state index contributed by atoms with van der Waals surface area (Å²) in [5.41, 5.74) is 0. The number of nitrogens with zero attached hydrogens (tertiary/aromatic N) is 6. The van der Waals surface area contributed by atoms with E-state index in [2.05, 4.69) is 45.9 Å². The molecule has 0 spiro atoms. The second-order valence-corrected chi connectivity index (χ2v) is 6.56. The maximum Gasteiger partial charge on any atom is 0.257 e. The van der Waals surface area contributed by atoms with Crippen molar-refractivity contribution in [2.45, 2.75) is 53.0 Å². The first kappa shape index (κ1) is 16.1. The van der Waals surface area contributed by atoms with Crippen LogP contribution in [0.4, 0.5) is 0 Å². The molecule has 2 atom stereocenters. The molecule has 8 nitrogen and oxygen atoms in total. The van der Waals surface area contributed by atoms with Crippen molar-refractivity contribution in [3.63, 3.8) is 0 Å². The van der Waals surface area contributed by atoms with Crippen LogP contribution in [0.25, 0.3) is 0 Å². The van der Waals surface area contributed by atoms with Crippen molar-refractivity contribution in [2.75, 3.05) is 13.1 Å². The third kappa shape index (κ3) is 3.94. The van der Waals surface area contributed by atoms with Gasteiger partial charge in [0, 0.05) is 19.6 Å². The van der Waals surface area contributed by atoms with E-state index >= 15 is 0 Å². The Morgan fingerprint density at radius 3 is 2.87 bits per heavy atom. The molecule has 1 aliphatic heterocycles. The van der Waals surface area contributed by atoms with Gasteiger partial charge in [0.1, 0.15) is 18.3 Å². The minimum atomic E-state index is -0.193. The number of ether oxygens (including phenoxy) is 1. The van der Waals surface area contributed by atoms with E-state index in [9.17, 15) is 0 Å². The molecule has 23 heavy (non-hydrogen) atoms. The molecule has 126 valence electrons. The summed E-state index contributed by atoms with van der Waals surface area (Å²) in [6.45, 7) is 11.4. The monoisotopic (exact) mass is 320 g/mol. The summed E-state index contributed by atoms with van der Waals surface area (Å²) in [6, 6.07) is 0. The van der Waals surface area contributed by atoms with Crippen LogP contribution in [0.5, 0.6) is 0 Å². The van der Waals surface area contributed by atoms with E-state index in [1.165, 1.54) is 0 Å². The van der Waals surface area contributed by atoms with Gasteiger partial charge in [0.2, 0.25) is 0 Å². The molecule has 0 bridgehead atoms. The SMILES string of the molecule is Cc1noc([C@H]2CN(Cc3ncnn3CC(C)C)C[C@@H](C)O2)n1. The van der Waals surface area contributed by atoms with E-state index in [1.54, 1.807) is 6.33 Å². The summed E-state index contributed by atoms with van der Waals surface area (Å²) < 4.78 is 13.2. The molecule has 8 heteroatoms. The molecule has 0 unspecified atom stereocenters. The molecule has 1 aliphatic rings. The van der Waals surface area contributed by atoms with Gasteiger partial charge in [-0.05, 0) is 19.8 Å². The highest BCUT2D eigenvalue weighted by Gasteiger charge is 2.30. The lowest BCUT2D eigenvalue weighted by molar-refractivity contribution is -0.0938. The predicted octanol–water partition coefficient (Wildman–Crippen LogP) is 1.59. The Balaban J connectivity index is 1.69. The van der Waals surface area contributed by atoms with Crippen LogP contribution in [0.2, 0.25) is 0 Å². The number of hydrogen-bond donors (Lipinski definition) is 0. The average Bonchev–Trinajstić information content (AvgIpc) is 3.07. The minimum Gasteiger partial charge on any atom is -0.363 e. The van der Waals surface area contributed by atoms with E-state index in [4.69, 9.17) is 9.26 Å². The molecule has 2 aromatic heterocycles. The quantitative estimate of drug-likeness (QED) is 0.827. The molecule has 2 aromatic rings. The summed E-state index contributed by atoms with van der Waals surface area (Å²) in [4.78, 5) is 11.0. The van der Waals surface area contributed by atoms with Gasteiger partial charge in [-0.2, -0.15) is 10.1 Å². The standard InChI is InChI=1S/C15H24N6O2/c1-10(2)5-21-14(16-9-17-21)8-20-6-11(3)22-13(7-20)15-18-12(4)19-23-15/h9-11,13H,5-8H2,1-4H3/t11-,13-/m1/s1. The molecule has 0 aliphatic carbocycles. The van der Waals surface area contributed by atoms with Crippen LogP contribution in [-0.2, 0) is 17.8 Å². The highest BCUT2D eigenvalue weighted by atomic mass is 16.5. The highest BCUT2D eigenvalue weighted by molar-refractivity contribution is 4.94. The molecule has 1 saturated heterocycles. The maximum atomic E-state index is 5.95. The second-order valence-electron chi connectivity index (χ2n) is 6.56. The first-order valence-corrected chi connectivity index (χ1v) is 8.06. The zero-order valence-electron chi connectivity index (χ0n) is 14.1. The van der Waals surface area contributed by atoms with E-state index < -0.39 is 0 Å². The second kappa shape index (κ2) is 6.76. The third-order valence-electron chi connectivity index (χ3n) is 3.75. The summed E-state index contributed by atoms with van der Waals surface area (Å²) in [5.74, 6) is 2.69. The summed E-state index contributed by atoms with van der Waals surface area (Å²) in [7, 11) is 0. The van der Waals surface area contributed by atoms with Gasteiger partial charge in [-0.1, -0.05) is 19.0 Å². The van der Waals surface area contributed by atoms with Gasteiger partial charge < -0.3 is 9.26 Å². The van der Waals surface area contributed by atoms with Crippen molar-refractivity contribution < 1.29 is 9.26 Å². The van der Waals surface area contributed by atoms with Crippen LogP contribution in [0.1, 0.15) is 44.4 Å². The van der Waals surface area contributed by atoms with Crippen molar-refractivity contribution in [1.29, 1.82) is 0 Å². The van der Waals surface area contributed by atoms with Crippen LogP contribution >= 0.6 is 0 Å². The fourth-order valence-corrected chi connectivity index (χ4v) is 2.86. The predicted molar refractivity (Wildman–Crippen MR) is 82.5 cm³/mol. The first-order chi connectivity index (χ1) is 11.0. The van der Waals surface area contributed by atoms with Crippen LogP contribution in [0.3, 0.4) is 0 Å². The molecule has 3 rings (SSSR count).